The van der Waals surface area contributed by atoms with Crippen LogP contribution in [-0.4, -0.2) is 59.0 Å². The van der Waals surface area contributed by atoms with E-state index < -0.39 is 12.0 Å². The largest absolute Gasteiger partial charge is 0.480 e. The van der Waals surface area contributed by atoms with Gasteiger partial charge in [0.1, 0.15) is 6.04 Å². The number of rotatable bonds is 4. The van der Waals surface area contributed by atoms with Gasteiger partial charge in [-0.15, -0.1) is 0 Å². The molecule has 1 heterocycles. The normalized spacial score (nSPS) is 18.4. The number of aryl methyl sites for hydroxylation is 1. The fourth-order valence-electron chi connectivity index (χ4n) is 2.93. The molecule has 136 valence electrons. The van der Waals surface area contributed by atoms with Crippen molar-refractivity contribution in [3.63, 3.8) is 0 Å². The molecule has 0 radical (unpaired) electrons. The van der Waals surface area contributed by atoms with Crippen LogP contribution in [0.4, 0.5) is 10.5 Å². The second-order valence-corrected chi connectivity index (χ2v) is 6.55. The zero-order valence-electron chi connectivity index (χ0n) is 14.9. The van der Waals surface area contributed by atoms with Crippen molar-refractivity contribution in [3.05, 3.63) is 29.8 Å². The summed E-state index contributed by atoms with van der Waals surface area (Å²) in [7, 11) is 1.49. The molecule has 2 atom stereocenters. The molecular weight excluding hydrogens is 322 g/mol. The zero-order valence-corrected chi connectivity index (χ0v) is 14.9. The van der Waals surface area contributed by atoms with Crippen LogP contribution < -0.4 is 5.32 Å². The number of anilines is 1. The molecule has 2 rings (SSSR count). The summed E-state index contributed by atoms with van der Waals surface area (Å²) in [6, 6.07) is 6.40. The second kappa shape index (κ2) is 8.00. The Morgan fingerprint density at radius 3 is 2.72 bits per heavy atom. The lowest BCUT2D eigenvalue weighted by molar-refractivity contribution is -0.150. The number of amides is 3. The SMILES string of the molecule is Cc1cccc(NC(=O)N2CCCC(C(=O)N(C)C(C)C(=O)O)C2)c1. The Kier molecular flexibility index (Phi) is 6.01. The number of urea groups is 1. The van der Waals surface area contributed by atoms with Gasteiger partial charge < -0.3 is 20.2 Å². The van der Waals surface area contributed by atoms with E-state index in [0.717, 1.165) is 11.3 Å². The minimum Gasteiger partial charge on any atom is -0.480 e. The first kappa shape index (κ1) is 18.8. The molecule has 1 saturated heterocycles. The van der Waals surface area contributed by atoms with E-state index in [1.54, 1.807) is 4.90 Å². The van der Waals surface area contributed by atoms with E-state index in [9.17, 15) is 14.4 Å². The minimum absolute atomic E-state index is 0.233. The Labute approximate surface area is 147 Å². The summed E-state index contributed by atoms with van der Waals surface area (Å²) in [6.07, 6.45) is 1.37. The number of carbonyl (C=O) groups excluding carboxylic acids is 2. The number of carbonyl (C=O) groups is 3. The number of hydrogen-bond acceptors (Lipinski definition) is 3. The van der Waals surface area contributed by atoms with E-state index >= 15 is 0 Å². The molecule has 0 bridgehead atoms. The zero-order chi connectivity index (χ0) is 18.6. The van der Waals surface area contributed by atoms with Gasteiger partial charge >= 0.3 is 12.0 Å². The van der Waals surface area contributed by atoms with Gasteiger partial charge in [0.15, 0.2) is 0 Å². The van der Waals surface area contributed by atoms with Crippen LogP contribution in [0.3, 0.4) is 0 Å². The number of hydrogen-bond donors (Lipinski definition) is 2. The van der Waals surface area contributed by atoms with Gasteiger partial charge in [-0.2, -0.15) is 0 Å². The van der Waals surface area contributed by atoms with E-state index in [4.69, 9.17) is 5.11 Å². The van der Waals surface area contributed by atoms with Crippen LogP contribution in [0, 0.1) is 12.8 Å². The van der Waals surface area contributed by atoms with Crippen LogP contribution in [0.5, 0.6) is 0 Å². The molecule has 2 N–H and O–H groups in total. The summed E-state index contributed by atoms with van der Waals surface area (Å²) >= 11 is 0. The fraction of sp³-hybridized carbons (Fsp3) is 0.500. The van der Waals surface area contributed by atoms with Gasteiger partial charge in [-0.1, -0.05) is 12.1 Å². The van der Waals surface area contributed by atoms with Crippen LogP contribution in [0.1, 0.15) is 25.3 Å². The summed E-state index contributed by atoms with van der Waals surface area (Å²) in [5.41, 5.74) is 1.77. The predicted octanol–water partition coefficient (Wildman–Crippen LogP) is 2.17. The molecule has 2 unspecified atom stereocenters. The number of carboxylic acid groups (broad SMARTS) is 1. The third kappa shape index (κ3) is 4.71. The van der Waals surface area contributed by atoms with E-state index in [2.05, 4.69) is 5.32 Å². The first-order chi connectivity index (χ1) is 11.8. The number of likely N-dealkylation sites (N-methyl/N-ethyl adjacent to an activating group) is 1. The molecular formula is C18H25N3O4. The molecule has 0 saturated carbocycles. The Morgan fingerprint density at radius 1 is 1.36 bits per heavy atom. The highest BCUT2D eigenvalue weighted by molar-refractivity contribution is 5.90. The van der Waals surface area contributed by atoms with Crippen molar-refractivity contribution < 1.29 is 19.5 Å². The lowest BCUT2D eigenvalue weighted by atomic mass is 9.96. The monoisotopic (exact) mass is 347 g/mol. The number of nitrogens with one attached hydrogen (secondary N) is 1. The van der Waals surface area contributed by atoms with E-state index in [1.807, 2.05) is 31.2 Å². The van der Waals surface area contributed by atoms with Gasteiger partial charge in [0.2, 0.25) is 5.91 Å². The molecule has 3 amide bonds. The molecule has 25 heavy (non-hydrogen) atoms. The molecule has 1 fully saturated rings. The molecule has 0 aliphatic carbocycles. The number of aliphatic carboxylic acids is 1. The van der Waals surface area contributed by atoms with Gasteiger partial charge in [0, 0.05) is 25.8 Å². The third-order valence-electron chi connectivity index (χ3n) is 4.61. The van der Waals surface area contributed by atoms with Crippen LogP contribution in [0.15, 0.2) is 24.3 Å². The molecule has 1 aromatic carbocycles. The van der Waals surface area contributed by atoms with Crippen molar-refractivity contribution >= 4 is 23.6 Å². The third-order valence-corrected chi connectivity index (χ3v) is 4.61. The van der Waals surface area contributed by atoms with Crippen molar-refractivity contribution in [3.8, 4) is 0 Å². The number of carboxylic acids is 1. The van der Waals surface area contributed by atoms with Gasteiger partial charge in [-0.3, -0.25) is 4.79 Å². The molecule has 7 heteroatoms. The van der Waals surface area contributed by atoms with Gasteiger partial charge in [0.05, 0.1) is 5.92 Å². The highest BCUT2D eigenvalue weighted by Crippen LogP contribution is 2.20. The van der Waals surface area contributed by atoms with Crippen LogP contribution in [0.2, 0.25) is 0 Å². The van der Waals surface area contributed by atoms with Crippen molar-refractivity contribution in [2.45, 2.75) is 32.7 Å². The summed E-state index contributed by atoms with van der Waals surface area (Å²) in [4.78, 5) is 38.9. The Hall–Kier alpha value is -2.57. The summed E-state index contributed by atoms with van der Waals surface area (Å²) in [5.74, 6) is -1.65. The second-order valence-electron chi connectivity index (χ2n) is 6.55. The van der Waals surface area contributed by atoms with Gasteiger partial charge in [0.25, 0.3) is 0 Å². The number of benzene rings is 1. The van der Waals surface area contributed by atoms with E-state index in [0.29, 0.717) is 25.9 Å². The molecule has 1 aliphatic heterocycles. The highest BCUT2D eigenvalue weighted by Gasteiger charge is 2.33. The maximum Gasteiger partial charge on any atom is 0.326 e. The van der Waals surface area contributed by atoms with Gasteiger partial charge in [-0.25, -0.2) is 9.59 Å². The fourth-order valence-corrected chi connectivity index (χ4v) is 2.93. The average Bonchev–Trinajstić information content (AvgIpc) is 2.59. The highest BCUT2D eigenvalue weighted by atomic mass is 16.4. The van der Waals surface area contributed by atoms with Crippen LogP contribution in [0.25, 0.3) is 0 Å². The maximum absolute atomic E-state index is 12.5. The standard InChI is InChI=1S/C18H25N3O4/c1-12-6-4-8-15(10-12)19-18(25)21-9-5-7-14(11-21)16(22)20(3)13(2)17(23)24/h4,6,8,10,13-14H,5,7,9,11H2,1-3H3,(H,19,25)(H,23,24). The molecule has 0 spiro atoms. The van der Waals surface area contributed by atoms with Crippen molar-refractivity contribution in [1.29, 1.82) is 0 Å². The average molecular weight is 347 g/mol. The number of nitrogens with zero attached hydrogens (tertiary/aromatic N) is 2. The Morgan fingerprint density at radius 2 is 2.08 bits per heavy atom. The lowest BCUT2D eigenvalue weighted by Crippen LogP contribution is -2.50. The molecule has 0 aromatic heterocycles. The molecule has 1 aliphatic rings. The van der Waals surface area contributed by atoms with Gasteiger partial charge in [-0.05, 0) is 44.4 Å². The Balaban J connectivity index is 1.99. The predicted molar refractivity (Wildman–Crippen MR) is 94.4 cm³/mol. The number of piperidine rings is 1. The Bertz CT molecular complexity index is 661. The van der Waals surface area contributed by atoms with Crippen LogP contribution >= 0.6 is 0 Å². The van der Waals surface area contributed by atoms with Crippen molar-refractivity contribution in [2.24, 2.45) is 5.92 Å². The first-order valence-corrected chi connectivity index (χ1v) is 8.41. The van der Waals surface area contributed by atoms with Crippen molar-refractivity contribution in [1.82, 2.24) is 9.80 Å². The summed E-state index contributed by atoms with van der Waals surface area (Å²) < 4.78 is 0. The summed E-state index contributed by atoms with van der Waals surface area (Å²) in [6.45, 7) is 4.31. The summed E-state index contributed by atoms with van der Waals surface area (Å²) in [5, 5.41) is 11.9. The minimum atomic E-state index is -1.04. The lowest BCUT2D eigenvalue weighted by Gasteiger charge is -2.34. The number of likely N-dealkylation sites (tertiary alicyclic amines) is 1. The van der Waals surface area contributed by atoms with Crippen LogP contribution in [-0.2, 0) is 9.59 Å². The maximum atomic E-state index is 12.5. The van der Waals surface area contributed by atoms with Crippen molar-refractivity contribution in [2.75, 3.05) is 25.5 Å². The smallest absolute Gasteiger partial charge is 0.326 e. The molecule has 7 nitrogen and oxygen atoms in total. The topological polar surface area (TPSA) is 90.0 Å². The first-order valence-electron chi connectivity index (χ1n) is 8.41. The van der Waals surface area contributed by atoms with E-state index in [1.165, 1.54) is 18.9 Å². The van der Waals surface area contributed by atoms with E-state index in [-0.39, 0.29) is 17.9 Å². The quantitative estimate of drug-likeness (QED) is 0.873. The molecule has 1 aromatic rings.